The maximum Gasteiger partial charge on any atom is 0.348 e. The van der Waals surface area contributed by atoms with Crippen LogP contribution in [0.3, 0.4) is 0 Å². The van der Waals surface area contributed by atoms with E-state index in [9.17, 15) is 57.5 Å². The van der Waals surface area contributed by atoms with Gasteiger partial charge in [0, 0.05) is 31.1 Å². The highest BCUT2D eigenvalue weighted by molar-refractivity contribution is 5.85. The highest BCUT2D eigenvalue weighted by Crippen LogP contribution is 2.36. The van der Waals surface area contributed by atoms with Crippen molar-refractivity contribution in [3.63, 3.8) is 0 Å². The number of cyclic esters (lactones) is 5. The third-order valence-electron chi connectivity index (χ3n) is 16.6. The van der Waals surface area contributed by atoms with Gasteiger partial charge in [-0.15, -0.1) is 0 Å². The first-order chi connectivity index (χ1) is 39.8. The summed E-state index contributed by atoms with van der Waals surface area (Å²) in [6.07, 6.45) is 2.65. The number of carbonyl (C=O) groups excluding carboxylic acids is 12. The van der Waals surface area contributed by atoms with Crippen molar-refractivity contribution >= 4 is 71.6 Å². The highest BCUT2D eigenvalue weighted by atomic mass is 16.6. The lowest BCUT2D eigenvalue weighted by atomic mass is 9.87. The molecule has 5 saturated heterocycles. The Bertz CT molecular complexity index is 2350. The second-order valence-corrected chi connectivity index (χ2v) is 26.8. The van der Waals surface area contributed by atoms with Crippen LogP contribution in [0.5, 0.6) is 0 Å². The molecule has 0 radical (unpaired) electrons. The van der Waals surface area contributed by atoms with E-state index in [1.807, 2.05) is 104 Å². The lowest BCUT2D eigenvalue weighted by Gasteiger charge is -2.35. The Labute approximate surface area is 514 Å². The van der Waals surface area contributed by atoms with E-state index < -0.39 is 105 Å². The van der Waals surface area contributed by atoms with Crippen LogP contribution >= 0.6 is 0 Å². The van der Waals surface area contributed by atoms with Gasteiger partial charge in [0.15, 0.2) is 12.7 Å². The number of carbonyl (C=O) groups is 12. The Hall–Kier alpha value is -6.36. The molecule has 24 nitrogen and oxygen atoms in total. The first-order valence-electron chi connectivity index (χ1n) is 30.1. The van der Waals surface area contributed by atoms with E-state index in [2.05, 4.69) is 9.47 Å². The smallest absolute Gasteiger partial charge is 0.348 e. The maximum absolute atomic E-state index is 12.0. The predicted octanol–water partition coefficient (Wildman–Crippen LogP) is 8.71. The summed E-state index contributed by atoms with van der Waals surface area (Å²) in [5.74, 6) is -5.00. The highest BCUT2D eigenvalue weighted by Gasteiger charge is 2.45. The van der Waals surface area contributed by atoms with Crippen LogP contribution in [0.2, 0.25) is 0 Å². The van der Waals surface area contributed by atoms with Crippen LogP contribution in [-0.4, -0.2) is 146 Å². The Morgan fingerprint density at radius 3 is 1.23 bits per heavy atom. The van der Waals surface area contributed by atoms with Gasteiger partial charge in [0.25, 0.3) is 0 Å². The minimum atomic E-state index is -1.04. The van der Waals surface area contributed by atoms with E-state index in [0.717, 1.165) is 12.8 Å². The van der Waals surface area contributed by atoms with E-state index >= 15 is 0 Å². The largest absolute Gasteiger partial charge is 0.465 e. The first kappa shape index (κ1) is 78.7. The zero-order valence-electron chi connectivity index (χ0n) is 55.7. The minimum absolute atomic E-state index is 0.0494. The summed E-state index contributed by atoms with van der Waals surface area (Å²) < 4.78 is 60.2. The molecule has 0 aromatic carbocycles. The average molecular weight is 1240 g/mol. The van der Waals surface area contributed by atoms with Crippen LogP contribution in [0, 0.1) is 38.9 Å². The second kappa shape index (κ2) is 33.3. The van der Waals surface area contributed by atoms with Crippen LogP contribution < -0.4 is 0 Å². The van der Waals surface area contributed by atoms with E-state index in [1.165, 1.54) is 6.92 Å². The zero-order valence-corrected chi connectivity index (χ0v) is 55.7. The van der Waals surface area contributed by atoms with Crippen LogP contribution in [0.25, 0.3) is 0 Å². The third kappa shape index (κ3) is 25.7. The van der Waals surface area contributed by atoms with Gasteiger partial charge in [-0.2, -0.15) is 0 Å². The number of hydrogen-bond acceptors (Lipinski definition) is 24. The molecular formula is C63H102O24. The summed E-state index contributed by atoms with van der Waals surface area (Å²) in [4.78, 5) is 138. The number of ether oxygens (including phenoxy) is 12. The maximum atomic E-state index is 12.0. The molecule has 0 saturated carbocycles. The molecule has 6 unspecified atom stereocenters. The Kier molecular flexibility index (Phi) is 30.1. The summed E-state index contributed by atoms with van der Waals surface area (Å²) >= 11 is 0. The molecule has 0 amide bonds. The van der Waals surface area contributed by atoms with Crippen molar-refractivity contribution in [2.75, 3.05) is 39.6 Å². The molecule has 5 rings (SSSR count). The summed E-state index contributed by atoms with van der Waals surface area (Å²) in [5.41, 5.74) is -4.76. The standard InChI is InChI=1S/C13H20O6.2C13H22O4.C12H18O6.C12H20O4/c1-5-13(3,4)12(16)18-8(2)10(14)19-9-6-7-17-11(9)15;2*1-6-12(2,3)11(15)17-13(4,5)9-7-10(14)16-8-9;1-4-12(2,3)11(15)17-7-9(13)18-8-5-6-16-10(8)14;1-5-11(2,3)10(14)16-12(4)6-7-15-9(13)8-12/h8-9H,5-7H2,1-4H3;2*9H,6-8H2,1-5H3;8H,4-7H2,1-3H3;5-8H2,1-4H3. The Morgan fingerprint density at radius 2 is 0.874 bits per heavy atom. The molecular weight excluding hydrogens is 1140 g/mol. The third-order valence-corrected chi connectivity index (χ3v) is 16.6. The van der Waals surface area contributed by atoms with Crippen molar-refractivity contribution in [1.29, 1.82) is 0 Å². The Balaban J connectivity index is 0.000000544. The molecule has 5 aliphatic heterocycles. The van der Waals surface area contributed by atoms with E-state index in [4.69, 9.17) is 47.4 Å². The van der Waals surface area contributed by atoms with Crippen LogP contribution in [0.4, 0.5) is 0 Å². The quantitative estimate of drug-likeness (QED) is 0.0765. The fourth-order valence-electron chi connectivity index (χ4n) is 7.12. The molecule has 0 aliphatic carbocycles. The van der Waals surface area contributed by atoms with Gasteiger partial charge in [0.2, 0.25) is 12.2 Å². The number of hydrogen-bond donors (Lipinski definition) is 0. The predicted molar refractivity (Wildman–Crippen MR) is 311 cm³/mol. The topological polar surface area (TPSA) is 316 Å². The molecule has 498 valence electrons. The molecule has 0 aromatic heterocycles. The average Bonchev–Trinajstić information content (AvgIpc) is 2.36. The van der Waals surface area contributed by atoms with Crippen molar-refractivity contribution in [3.8, 4) is 0 Å². The van der Waals surface area contributed by atoms with Gasteiger partial charge in [0.05, 0.1) is 79.4 Å². The fourth-order valence-corrected chi connectivity index (χ4v) is 7.12. The summed E-state index contributed by atoms with van der Waals surface area (Å²) in [6.45, 7) is 39.2. The summed E-state index contributed by atoms with van der Waals surface area (Å²) in [5, 5.41) is 0. The van der Waals surface area contributed by atoms with Crippen molar-refractivity contribution in [3.05, 3.63) is 0 Å². The summed E-state index contributed by atoms with van der Waals surface area (Å²) in [7, 11) is 0. The zero-order chi connectivity index (χ0) is 67.3. The van der Waals surface area contributed by atoms with Crippen molar-refractivity contribution in [1.82, 2.24) is 0 Å². The van der Waals surface area contributed by atoms with Gasteiger partial charge in [-0.1, -0.05) is 34.6 Å². The first-order valence-corrected chi connectivity index (χ1v) is 30.1. The van der Waals surface area contributed by atoms with Gasteiger partial charge >= 0.3 is 71.6 Å². The molecule has 0 spiro atoms. The lowest BCUT2D eigenvalue weighted by molar-refractivity contribution is -0.182. The fraction of sp³-hybridized carbons (Fsp3) is 0.810. The molecule has 87 heavy (non-hydrogen) atoms. The molecule has 5 fully saturated rings. The SMILES string of the molecule is CCC(C)(C)C(=O)OC(C)(C)C1COC(=O)C1.CCC(C)(C)C(=O)OC(C)(C)C1COC(=O)C1.CCC(C)(C)C(=O)OC(C)C(=O)OC1CCOC1=O.CCC(C)(C)C(=O)OC1(C)CCOC(=O)C1.CCC(C)(C)C(=O)OCC(=O)OC1CCOC1=O. The number of rotatable bonds is 21. The molecule has 5 aliphatic rings. The van der Waals surface area contributed by atoms with Crippen LogP contribution in [0.15, 0.2) is 0 Å². The van der Waals surface area contributed by atoms with Crippen molar-refractivity contribution < 1.29 is 114 Å². The lowest BCUT2D eigenvalue weighted by Crippen LogP contribution is -2.43. The molecule has 24 heteroatoms. The number of esters is 12. The summed E-state index contributed by atoms with van der Waals surface area (Å²) in [6, 6.07) is 0. The van der Waals surface area contributed by atoms with Gasteiger partial charge in [0.1, 0.15) is 16.8 Å². The molecule has 5 heterocycles. The van der Waals surface area contributed by atoms with Gasteiger partial charge in [-0.05, 0) is 143 Å². The van der Waals surface area contributed by atoms with Crippen LogP contribution in [0.1, 0.15) is 216 Å². The van der Waals surface area contributed by atoms with Gasteiger partial charge in [-0.25, -0.2) is 19.2 Å². The van der Waals surface area contributed by atoms with Crippen molar-refractivity contribution in [2.24, 2.45) is 38.9 Å². The van der Waals surface area contributed by atoms with E-state index in [0.29, 0.717) is 71.2 Å². The van der Waals surface area contributed by atoms with Gasteiger partial charge < -0.3 is 56.8 Å². The molecule has 0 N–H and O–H groups in total. The monoisotopic (exact) mass is 1240 g/mol. The molecule has 0 aromatic rings. The Morgan fingerprint density at radius 1 is 0.494 bits per heavy atom. The normalized spacial score (nSPS) is 21.6. The minimum Gasteiger partial charge on any atom is -0.465 e. The van der Waals surface area contributed by atoms with Crippen LogP contribution in [-0.2, 0) is 114 Å². The second-order valence-electron chi connectivity index (χ2n) is 26.8. The van der Waals surface area contributed by atoms with Crippen molar-refractivity contribution in [2.45, 2.75) is 251 Å². The molecule has 0 bridgehead atoms. The van der Waals surface area contributed by atoms with E-state index in [1.54, 1.807) is 34.6 Å². The van der Waals surface area contributed by atoms with Gasteiger partial charge in [-0.3, -0.25) is 38.4 Å². The van der Waals surface area contributed by atoms with E-state index in [-0.39, 0.29) is 67.3 Å². The molecule has 6 atom stereocenters.